The van der Waals surface area contributed by atoms with Crippen molar-refractivity contribution in [2.24, 2.45) is 0 Å². The highest BCUT2D eigenvalue weighted by Gasteiger charge is 2.13. The number of phenols is 1. The van der Waals surface area contributed by atoms with Crippen molar-refractivity contribution < 1.29 is 9.90 Å². The van der Waals surface area contributed by atoms with Crippen LogP contribution in [0.25, 0.3) is 16.9 Å². The highest BCUT2D eigenvalue weighted by Crippen LogP contribution is 2.25. The zero-order chi connectivity index (χ0) is 21.7. The van der Waals surface area contributed by atoms with E-state index in [4.69, 9.17) is 16.7 Å². The van der Waals surface area contributed by atoms with Crippen molar-refractivity contribution in [3.8, 4) is 17.0 Å². The van der Waals surface area contributed by atoms with Gasteiger partial charge in [-0.1, -0.05) is 48.4 Å². The summed E-state index contributed by atoms with van der Waals surface area (Å²) in [5.41, 5.74) is 5.12. The molecule has 0 spiro atoms. The van der Waals surface area contributed by atoms with Crippen molar-refractivity contribution >= 4 is 23.0 Å². The number of hydrogen-bond donors (Lipinski definition) is 1. The Morgan fingerprint density at radius 1 is 1.07 bits per heavy atom. The molecule has 0 atom stereocenters. The predicted octanol–water partition coefficient (Wildman–Crippen LogP) is 6.04. The smallest absolute Gasteiger partial charge is 0.183 e. The quantitative estimate of drug-likeness (QED) is 0.408. The van der Waals surface area contributed by atoms with Crippen molar-refractivity contribution in [2.75, 3.05) is 0 Å². The SMILES string of the molecule is CCCC(=O)c1cc2nccc(-c3ccc(C)c(Cl)c3)n2n1.Cc1ccc(O)cc1. The maximum absolute atomic E-state index is 12.0. The molecule has 6 heteroatoms. The topological polar surface area (TPSA) is 67.5 Å². The molecule has 2 aromatic heterocycles. The number of hydrogen-bond acceptors (Lipinski definition) is 4. The van der Waals surface area contributed by atoms with Crippen LogP contribution in [0.2, 0.25) is 5.02 Å². The van der Waals surface area contributed by atoms with Gasteiger partial charge in [-0.2, -0.15) is 5.10 Å². The predicted molar refractivity (Wildman–Crippen MR) is 120 cm³/mol. The van der Waals surface area contributed by atoms with Gasteiger partial charge in [0, 0.05) is 29.3 Å². The van der Waals surface area contributed by atoms with Gasteiger partial charge in [-0.05, 0) is 50.1 Å². The van der Waals surface area contributed by atoms with Crippen molar-refractivity contribution in [3.63, 3.8) is 0 Å². The van der Waals surface area contributed by atoms with Crippen LogP contribution in [0.1, 0.15) is 41.4 Å². The summed E-state index contributed by atoms with van der Waals surface area (Å²) in [5.74, 6) is 0.372. The normalized spacial score (nSPS) is 10.5. The number of aryl methyl sites for hydroxylation is 2. The zero-order valence-electron chi connectivity index (χ0n) is 17.3. The highest BCUT2D eigenvalue weighted by molar-refractivity contribution is 6.31. The van der Waals surface area contributed by atoms with Gasteiger partial charge in [0.1, 0.15) is 11.4 Å². The molecule has 0 saturated carbocycles. The molecule has 2 aromatic carbocycles. The summed E-state index contributed by atoms with van der Waals surface area (Å²) in [6.07, 6.45) is 3.02. The van der Waals surface area contributed by atoms with Crippen LogP contribution in [0.3, 0.4) is 0 Å². The van der Waals surface area contributed by atoms with Crippen LogP contribution in [0.15, 0.2) is 60.8 Å². The van der Waals surface area contributed by atoms with Crippen LogP contribution in [0, 0.1) is 13.8 Å². The van der Waals surface area contributed by atoms with Gasteiger partial charge < -0.3 is 5.11 Å². The van der Waals surface area contributed by atoms with E-state index in [-0.39, 0.29) is 5.78 Å². The van der Waals surface area contributed by atoms with Crippen LogP contribution in [0.4, 0.5) is 0 Å². The molecule has 0 radical (unpaired) electrons. The standard InChI is InChI=1S/C17H16ClN3O.C7H8O/c1-3-4-16(22)14-10-17-19-8-7-15(21(17)20-14)12-6-5-11(2)13(18)9-12;1-6-2-4-7(8)5-3-6/h5-10H,3-4H2,1-2H3;2-5,8H,1H3. The molecule has 0 aliphatic heterocycles. The van der Waals surface area contributed by atoms with Crippen LogP contribution in [0.5, 0.6) is 5.75 Å². The van der Waals surface area contributed by atoms with Gasteiger partial charge in [0.05, 0.1) is 5.69 Å². The fourth-order valence-corrected chi connectivity index (χ4v) is 3.08. The molecule has 0 aliphatic carbocycles. The highest BCUT2D eigenvalue weighted by atomic mass is 35.5. The molecule has 0 fully saturated rings. The summed E-state index contributed by atoms with van der Waals surface area (Å²) in [5, 5.41) is 13.9. The van der Waals surface area contributed by atoms with Gasteiger partial charge in [0.15, 0.2) is 11.4 Å². The lowest BCUT2D eigenvalue weighted by Gasteiger charge is -2.06. The largest absolute Gasteiger partial charge is 0.508 e. The summed E-state index contributed by atoms with van der Waals surface area (Å²) < 4.78 is 1.70. The van der Waals surface area contributed by atoms with E-state index in [1.54, 1.807) is 28.9 Å². The molecule has 4 rings (SSSR count). The Balaban J connectivity index is 0.000000269. The number of benzene rings is 2. The second-order valence-corrected chi connectivity index (χ2v) is 7.51. The summed E-state index contributed by atoms with van der Waals surface area (Å²) in [6.45, 7) is 5.93. The molecule has 0 saturated heterocycles. The van der Waals surface area contributed by atoms with E-state index < -0.39 is 0 Å². The summed E-state index contributed by atoms with van der Waals surface area (Å²) in [6, 6.07) is 16.6. The molecule has 2 heterocycles. The van der Waals surface area contributed by atoms with E-state index in [1.807, 2.05) is 57.2 Å². The second kappa shape index (κ2) is 9.55. The number of phenolic OH excluding ortho intramolecular Hbond substituents is 1. The van der Waals surface area contributed by atoms with E-state index in [1.165, 1.54) is 5.56 Å². The Hall–Kier alpha value is -3.18. The van der Waals surface area contributed by atoms with Crippen LogP contribution >= 0.6 is 11.6 Å². The average molecular weight is 422 g/mol. The van der Waals surface area contributed by atoms with Gasteiger partial charge in [0.2, 0.25) is 0 Å². The maximum atomic E-state index is 12.0. The lowest BCUT2D eigenvalue weighted by atomic mass is 10.1. The first-order valence-electron chi connectivity index (χ1n) is 9.79. The van der Waals surface area contributed by atoms with Gasteiger partial charge in [-0.15, -0.1) is 0 Å². The molecule has 5 nitrogen and oxygen atoms in total. The fraction of sp³-hybridized carbons (Fsp3) is 0.208. The van der Waals surface area contributed by atoms with Gasteiger partial charge in [-0.3, -0.25) is 4.79 Å². The number of aromatic hydroxyl groups is 1. The summed E-state index contributed by atoms with van der Waals surface area (Å²) >= 11 is 6.21. The summed E-state index contributed by atoms with van der Waals surface area (Å²) in [4.78, 5) is 16.3. The Kier molecular flexibility index (Phi) is 6.85. The average Bonchev–Trinajstić information content (AvgIpc) is 3.17. The molecule has 1 N–H and O–H groups in total. The molecule has 0 amide bonds. The molecule has 0 bridgehead atoms. The number of rotatable bonds is 4. The zero-order valence-corrected chi connectivity index (χ0v) is 18.0. The number of nitrogens with zero attached hydrogens (tertiary/aromatic N) is 3. The first kappa shape index (κ1) is 21.5. The number of ketones is 1. The minimum atomic E-state index is 0.0425. The van der Waals surface area contributed by atoms with Gasteiger partial charge in [-0.25, -0.2) is 9.50 Å². The number of halogens is 1. The molecule has 0 aliphatic rings. The Morgan fingerprint density at radius 3 is 2.43 bits per heavy atom. The lowest BCUT2D eigenvalue weighted by Crippen LogP contribution is -2.01. The van der Waals surface area contributed by atoms with Crippen LogP contribution in [-0.2, 0) is 0 Å². The lowest BCUT2D eigenvalue weighted by molar-refractivity contribution is 0.0976. The Bertz CT molecular complexity index is 1150. The molecule has 154 valence electrons. The van der Waals surface area contributed by atoms with E-state index in [0.717, 1.165) is 23.2 Å². The third-order valence-electron chi connectivity index (χ3n) is 4.62. The summed E-state index contributed by atoms with van der Waals surface area (Å²) in [7, 11) is 0. The second-order valence-electron chi connectivity index (χ2n) is 7.10. The molecule has 4 aromatic rings. The van der Waals surface area contributed by atoms with Crippen molar-refractivity contribution in [3.05, 3.63) is 82.6 Å². The Labute approximate surface area is 181 Å². The number of carbonyl (C=O) groups excluding carboxylic acids is 1. The number of aromatic nitrogens is 3. The molecule has 0 unspecified atom stereocenters. The molecule has 30 heavy (non-hydrogen) atoms. The molecular weight excluding hydrogens is 398 g/mol. The monoisotopic (exact) mass is 421 g/mol. The van der Waals surface area contributed by atoms with E-state index in [0.29, 0.717) is 28.5 Å². The minimum Gasteiger partial charge on any atom is -0.508 e. The van der Waals surface area contributed by atoms with E-state index in [9.17, 15) is 4.79 Å². The first-order chi connectivity index (χ1) is 14.4. The first-order valence-corrected chi connectivity index (χ1v) is 10.2. The number of Topliss-reactive ketones (excluding diaryl/α,β-unsaturated/α-hetero) is 1. The van der Waals surface area contributed by atoms with E-state index >= 15 is 0 Å². The van der Waals surface area contributed by atoms with Crippen LogP contribution < -0.4 is 0 Å². The van der Waals surface area contributed by atoms with Gasteiger partial charge >= 0.3 is 0 Å². The van der Waals surface area contributed by atoms with Crippen molar-refractivity contribution in [1.29, 1.82) is 0 Å². The fourth-order valence-electron chi connectivity index (χ4n) is 2.90. The number of fused-ring (bicyclic) bond motifs is 1. The minimum absolute atomic E-state index is 0.0425. The van der Waals surface area contributed by atoms with Crippen molar-refractivity contribution in [1.82, 2.24) is 14.6 Å². The maximum Gasteiger partial charge on any atom is 0.183 e. The third kappa shape index (κ3) is 5.05. The third-order valence-corrected chi connectivity index (χ3v) is 5.03. The number of carbonyl (C=O) groups is 1. The van der Waals surface area contributed by atoms with Gasteiger partial charge in [0.25, 0.3) is 0 Å². The Morgan fingerprint density at radius 2 is 1.80 bits per heavy atom. The van der Waals surface area contributed by atoms with E-state index in [2.05, 4.69) is 10.1 Å². The molecular formula is C24H24ClN3O2. The van der Waals surface area contributed by atoms with Crippen LogP contribution in [-0.4, -0.2) is 25.5 Å². The van der Waals surface area contributed by atoms with Crippen molar-refractivity contribution in [2.45, 2.75) is 33.6 Å².